The average Bonchev–Trinajstić information content (AvgIpc) is 3.18. The number of carbonyl (C=O) groups is 1. The average molecular weight is 797 g/mol. The molecule has 0 aromatic heterocycles. The summed E-state index contributed by atoms with van der Waals surface area (Å²) >= 11 is 0. The minimum atomic E-state index is -2.33. The van der Waals surface area contributed by atoms with E-state index in [0.717, 1.165) is 0 Å². The molecule has 5 nitrogen and oxygen atoms in total. The van der Waals surface area contributed by atoms with Crippen molar-refractivity contribution in [2.24, 2.45) is 0 Å². The minimum absolute atomic E-state index is 1.37. The van der Waals surface area contributed by atoms with Crippen LogP contribution in [0.5, 0.6) is 0 Å². The molecule has 0 spiro atoms. The fraction of sp³-hybridized carbons (Fsp3) is 0.980. The summed E-state index contributed by atoms with van der Waals surface area (Å²) in [7, 11) is 0. The molecular formula is C51H108N2O3. The molecule has 0 aromatic carbocycles. The molecule has 0 saturated carbocycles. The molecule has 0 N–H and O–H groups in total. The van der Waals surface area contributed by atoms with Crippen molar-refractivity contribution in [3.8, 4) is 0 Å². The van der Waals surface area contributed by atoms with Gasteiger partial charge in [-0.1, -0.05) is 171 Å². The topological polar surface area (TPSA) is 63.2 Å². The van der Waals surface area contributed by atoms with E-state index in [1.165, 1.54) is 280 Å². The van der Waals surface area contributed by atoms with Crippen molar-refractivity contribution >= 4 is 6.16 Å². The van der Waals surface area contributed by atoms with E-state index in [1.54, 1.807) is 0 Å². The molecule has 0 fully saturated rings. The third-order valence-corrected chi connectivity index (χ3v) is 12.4. The second-order valence-corrected chi connectivity index (χ2v) is 17.9. The number of carboxylic acid groups (broad SMARTS) is 2. The van der Waals surface area contributed by atoms with Crippen LogP contribution in [0, 0.1) is 0 Å². The third-order valence-electron chi connectivity index (χ3n) is 12.4. The Hall–Kier alpha value is -0.810. The third kappa shape index (κ3) is 44.3. The van der Waals surface area contributed by atoms with Gasteiger partial charge in [-0.05, 0) is 109 Å². The minimum Gasteiger partial charge on any atom is -0.652 e. The molecule has 0 atom stereocenters. The van der Waals surface area contributed by atoms with Crippen LogP contribution in [0.25, 0.3) is 0 Å². The molecule has 0 saturated heterocycles. The lowest BCUT2D eigenvalue weighted by atomic mass is 10.1. The molecule has 0 radical (unpaired) electrons. The molecule has 340 valence electrons. The standard InChI is InChI=1S/2C25H54N.CH2O3/c2*1-5-9-13-17-21-25-26(22-18-14-10-6-2,23-19-15-11-7-3)24-20-16-12-8-4;2-1(3)4/h2*5-25H2,1-4H3;(H2,2,3,4)/q2*+1;/p-2. The number of rotatable bonds is 42. The number of carbonyl (C=O) groups excluding carboxylic acids is 1. The zero-order valence-electron chi connectivity index (χ0n) is 40.3. The van der Waals surface area contributed by atoms with E-state index >= 15 is 0 Å². The van der Waals surface area contributed by atoms with Gasteiger partial charge in [0.15, 0.2) is 0 Å². The molecule has 0 bridgehead atoms. The molecular weight excluding hydrogens is 689 g/mol. The number of nitrogens with zero attached hydrogens (tertiary/aromatic N) is 2. The Bertz CT molecular complexity index is 609. The maximum Gasteiger partial charge on any atom is 0.0786 e. The van der Waals surface area contributed by atoms with Crippen molar-refractivity contribution in [1.82, 2.24) is 0 Å². The number of quaternary nitrogens is 2. The molecule has 0 aliphatic carbocycles. The van der Waals surface area contributed by atoms with Crippen LogP contribution in [0.2, 0.25) is 0 Å². The molecule has 0 aliphatic heterocycles. The Kier molecular flexibility index (Phi) is 51.6. The second-order valence-electron chi connectivity index (χ2n) is 17.9. The lowest BCUT2D eigenvalue weighted by Gasteiger charge is -2.39. The fourth-order valence-electron chi connectivity index (χ4n) is 8.69. The summed E-state index contributed by atoms with van der Waals surface area (Å²) in [5.74, 6) is 0. The lowest BCUT2D eigenvalue weighted by molar-refractivity contribution is -0.929. The van der Waals surface area contributed by atoms with Gasteiger partial charge in [-0.2, -0.15) is 0 Å². The Morgan fingerprint density at radius 3 is 0.482 bits per heavy atom. The van der Waals surface area contributed by atoms with E-state index in [9.17, 15) is 0 Å². The summed E-state index contributed by atoms with van der Waals surface area (Å²) < 4.78 is 2.92. The summed E-state index contributed by atoms with van der Waals surface area (Å²) in [6.07, 6.45) is 46.3. The van der Waals surface area contributed by atoms with Crippen LogP contribution < -0.4 is 10.2 Å². The largest absolute Gasteiger partial charge is 0.652 e. The molecule has 5 heteroatoms. The van der Waals surface area contributed by atoms with Gasteiger partial charge in [0.2, 0.25) is 0 Å². The SMILES string of the molecule is CCCCCCC[N+](CCCCCC)(CCCCCC)CCCCCC.CCCCCCC[N+](CCCCCC)(CCCCCC)CCCCCC.O=C([O-])[O-]. The van der Waals surface area contributed by atoms with E-state index in [-0.39, 0.29) is 0 Å². The number of hydrogen-bond donors (Lipinski definition) is 0. The summed E-state index contributed by atoms with van der Waals surface area (Å²) in [5, 5.41) is 16.7. The second kappa shape index (κ2) is 48.6. The fourth-order valence-corrected chi connectivity index (χ4v) is 8.69. The first-order chi connectivity index (χ1) is 27.2. The summed E-state index contributed by atoms with van der Waals surface area (Å²) in [6.45, 7) is 30.4. The van der Waals surface area contributed by atoms with E-state index in [1.807, 2.05) is 0 Å². The zero-order chi connectivity index (χ0) is 42.3. The van der Waals surface area contributed by atoms with Crippen molar-refractivity contribution in [2.45, 2.75) is 274 Å². The molecule has 56 heavy (non-hydrogen) atoms. The molecule has 0 aliphatic rings. The Morgan fingerprint density at radius 2 is 0.357 bits per heavy atom. The van der Waals surface area contributed by atoms with Gasteiger partial charge in [0.25, 0.3) is 0 Å². The molecule has 0 rings (SSSR count). The molecule has 0 amide bonds. The predicted molar refractivity (Wildman–Crippen MR) is 247 cm³/mol. The first-order valence-corrected chi connectivity index (χ1v) is 25.8. The summed E-state index contributed by atoms with van der Waals surface area (Å²) in [6, 6.07) is 0. The van der Waals surface area contributed by atoms with Gasteiger partial charge in [0, 0.05) is 0 Å². The van der Waals surface area contributed by atoms with Crippen LogP contribution in [0.3, 0.4) is 0 Å². The number of hydrogen-bond acceptors (Lipinski definition) is 3. The van der Waals surface area contributed by atoms with Crippen molar-refractivity contribution < 1.29 is 24.0 Å². The van der Waals surface area contributed by atoms with Gasteiger partial charge in [-0.25, -0.2) is 0 Å². The first-order valence-electron chi connectivity index (χ1n) is 25.8. The van der Waals surface area contributed by atoms with Gasteiger partial charge in [-0.3, -0.25) is 0 Å². The Morgan fingerprint density at radius 1 is 0.250 bits per heavy atom. The van der Waals surface area contributed by atoms with E-state index < -0.39 is 6.16 Å². The van der Waals surface area contributed by atoms with Crippen molar-refractivity contribution in [3.63, 3.8) is 0 Å². The highest BCUT2D eigenvalue weighted by atomic mass is 16.6. The maximum atomic E-state index is 8.33. The normalized spacial score (nSPS) is 11.6. The lowest BCUT2D eigenvalue weighted by Crippen LogP contribution is -2.50. The van der Waals surface area contributed by atoms with Gasteiger partial charge in [-0.15, -0.1) is 0 Å². The summed E-state index contributed by atoms with van der Waals surface area (Å²) in [5.41, 5.74) is 0. The first kappa shape index (κ1) is 59.5. The van der Waals surface area contributed by atoms with Crippen LogP contribution in [-0.2, 0) is 0 Å². The highest BCUT2D eigenvalue weighted by molar-refractivity contribution is 5.47. The van der Waals surface area contributed by atoms with E-state index in [0.29, 0.717) is 0 Å². The Balaban J connectivity index is -0.000000914. The highest BCUT2D eigenvalue weighted by Crippen LogP contribution is 2.21. The molecule has 0 aromatic rings. The zero-order valence-corrected chi connectivity index (χ0v) is 40.3. The van der Waals surface area contributed by atoms with E-state index in [4.69, 9.17) is 15.0 Å². The van der Waals surface area contributed by atoms with Crippen molar-refractivity contribution in [1.29, 1.82) is 0 Å². The summed E-state index contributed by atoms with van der Waals surface area (Å²) in [4.78, 5) is 8.33. The van der Waals surface area contributed by atoms with Crippen molar-refractivity contribution in [3.05, 3.63) is 0 Å². The molecule has 0 heterocycles. The monoisotopic (exact) mass is 797 g/mol. The number of unbranched alkanes of at least 4 members (excludes halogenated alkanes) is 26. The van der Waals surface area contributed by atoms with Crippen LogP contribution in [0.15, 0.2) is 0 Å². The van der Waals surface area contributed by atoms with Crippen LogP contribution >= 0.6 is 0 Å². The smallest absolute Gasteiger partial charge is 0.0786 e. The predicted octanol–water partition coefficient (Wildman–Crippen LogP) is 14.6. The molecule has 0 unspecified atom stereocenters. The van der Waals surface area contributed by atoms with Crippen LogP contribution in [0.4, 0.5) is 4.79 Å². The van der Waals surface area contributed by atoms with Crippen LogP contribution in [-0.4, -0.2) is 67.5 Å². The highest BCUT2D eigenvalue weighted by Gasteiger charge is 2.27. The Labute approximate surface area is 355 Å². The van der Waals surface area contributed by atoms with Crippen molar-refractivity contribution in [2.75, 3.05) is 52.4 Å². The quantitative estimate of drug-likeness (QED) is 0.0456. The van der Waals surface area contributed by atoms with Gasteiger partial charge in [0.05, 0.1) is 52.4 Å². The maximum absolute atomic E-state index is 8.33. The van der Waals surface area contributed by atoms with Gasteiger partial charge >= 0.3 is 0 Å². The van der Waals surface area contributed by atoms with Gasteiger partial charge in [0.1, 0.15) is 0 Å². The van der Waals surface area contributed by atoms with Gasteiger partial charge < -0.3 is 24.0 Å². The van der Waals surface area contributed by atoms with Crippen LogP contribution in [0.1, 0.15) is 274 Å². The van der Waals surface area contributed by atoms with E-state index in [2.05, 4.69) is 55.4 Å².